The van der Waals surface area contributed by atoms with Crippen LogP contribution in [0.4, 0.5) is 0 Å². The second-order valence-corrected chi connectivity index (χ2v) is 8.47. The van der Waals surface area contributed by atoms with Crippen LogP contribution < -0.4 is 5.32 Å². The average molecular weight is 399 g/mol. The monoisotopic (exact) mass is 399 g/mol. The number of piperidine rings is 1. The Morgan fingerprint density at radius 2 is 1.97 bits per heavy atom. The van der Waals surface area contributed by atoms with Crippen molar-refractivity contribution < 1.29 is 14.3 Å². The quantitative estimate of drug-likeness (QED) is 0.851. The second-order valence-electron chi connectivity index (χ2n) is 8.47. The smallest absolute Gasteiger partial charge is 0.272 e. The fraction of sp³-hybridized carbons (Fsp3) is 0.571. The standard InChI is InChI=1S/C21H29N5O3/c1-14(2)22-19(27)18-15-13-29-21(12-17(15)25(4)23-18)7-10-26(11-8-21)20(28)16-6-5-9-24(16)3/h5-6,9,14H,7-8,10-13H2,1-4H3,(H,22,27). The molecule has 156 valence electrons. The van der Waals surface area contributed by atoms with E-state index >= 15 is 0 Å². The molecule has 0 aromatic carbocycles. The third kappa shape index (κ3) is 3.57. The second kappa shape index (κ2) is 7.33. The van der Waals surface area contributed by atoms with Gasteiger partial charge in [-0.3, -0.25) is 14.3 Å². The number of nitrogens with zero attached hydrogens (tertiary/aromatic N) is 4. The van der Waals surface area contributed by atoms with Gasteiger partial charge in [0, 0.05) is 57.1 Å². The van der Waals surface area contributed by atoms with Crippen LogP contribution in [-0.2, 0) is 31.9 Å². The van der Waals surface area contributed by atoms with Gasteiger partial charge in [0.25, 0.3) is 11.8 Å². The van der Waals surface area contributed by atoms with Crippen molar-refractivity contribution in [2.75, 3.05) is 13.1 Å². The van der Waals surface area contributed by atoms with Gasteiger partial charge in [-0.05, 0) is 38.8 Å². The molecule has 4 heterocycles. The molecule has 4 rings (SSSR count). The summed E-state index contributed by atoms with van der Waals surface area (Å²) in [5.41, 5.74) is 2.82. The van der Waals surface area contributed by atoms with Gasteiger partial charge in [0.1, 0.15) is 5.69 Å². The van der Waals surface area contributed by atoms with Gasteiger partial charge >= 0.3 is 0 Å². The average Bonchev–Trinajstić information content (AvgIpc) is 3.25. The van der Waals surface area contributed by atoms with E-state index in [9.17, 15) is 9.59 Å². The molecule has 8 nitrogen and oxygen atoms in total. The molecule has 0 saturated carbocycles. The van der Waals surface area contributed by atoms with Crippen LogP contribution in [-0.4, -0.2) is 55.8 Å². The van der Waals surface area contributed by atoms with Crippen LogP contribution in [0.5, 0.6) is 0 Å². The Kier molecular flexibility index (Phi) is 4.98. The fourth-order valence-electron chi connectivity index (χ4n) is 4.35. The summed E-state index contributed by atoms with van der Waals surface area (Å²) in [4.78, 5) is 27.2. The summed E-state index contributed by atoms with van der Waals surface area (Å²) >= 11 is 0. The van der Waals surface area contributed by atoms with Gasteiger partial charge in [-0.2, -0.15) is 5.10 Å². The Balaban J connectivity index is 1.47. The highest BCUT2D eigenvalue weighted by Crippen LogP contribution is 2.37. The number of ether oxygens (including phenoxy) is 1. The van der Waals surface area contributed by atoms with Crippen molar-refractivity contribution in [3.63, 3.8) is 0 Å². The van der Waals surface area contributed by atoms with Gasteiger partial charge in [-0.1, -0.05) is 0 Å². The zero-order valence-electron chi connectivity index (χ0n) is 17.6. The number of aryl methyl sites for hydroxylation is 2. The van der Waals surface area contributed by atoms with E-state index in [0.717, 1.165) is 24.1 Å². The first-order chi connectivity index (χ1) is 13.8. The highest BCUT2D eigenvalue weighted by Gasteiger charge is 2.42. The Morgan fingerprint density at radius 1 is 1.24 bits per heavy atom. The minimum Gasteiger partial charge on any atom is -0.370 e. The highest BCUT2D eigenvalue weighted by molar-refractivity contribution is 5.94. The normalized spacial score (nSPS) is 18.2. The van der Waals surface area contributed by atoms with Crippen LogP contribution in [0.25, 0.3) is 0 Å². The topological polar surface area (TPSA) is 81.4 Å². The van der Waals surface area contributed by atoms with Gasteiger partial charge in [0.05, 0.1) is 12.2 Å². The van der Waals surface area contributed by atoms with E-state index in [0.29, 0.717) is 37.5 Å². The van der Waals surface area contributed by atoms with Gasteiger partial charge in [-0.15, -0.1) is 0 Å². The lowest BCUT2D eigenvalue weighted by atomic mass is 9.83. The number of rotatable bonds is 3. The molecule has 29 heavy (non-hydrogen) atoms. The molecule has 1 spiro atoms. The van der Waals surface area contributed by atoms with Crippen LogP contribution in [0.15, 0.2) is 18.3 Å². The number of hydrogen-bond donors (Lipinski definition) is 1. The maximum Gasteiger partial charge on any atom is 0.272 e. The van der Waals surface area contributed by atoms with E-state index in [1.165, 1.54) is 0 Å². The van der Waals surface area contributed by atoms with Crippen molar-refractivity contribution in [2.45, 2.75) is 51.4 Å². The summed E-state index contributed by atoms with van der Waals surface area (Å²) in [6.45, 7) is 5.58. The van der Waals surface area contributed by atoms with Crippen molar-refractivity contribution >= 4 is 11.8 Å². The molecule has 0 atom stereocenters. The van der Waals surface area contributed by atoms with Crippen molar-refractivity contribution in [1.29, 1.82) is 0 Å². The summed E-state index contributed by atoms with van der Waals surface area (Å²) in [6, 6.07) is 3.80. The number of amides is 2. The molecule has 2 aliphatic heterocycles. The van der Waals surface area contributed by atoms with Crippen molar-refractivity contribution in [2.24, 2.45) is 14.1 Å². The molecule has 2 aromatic heterocycles. The first-order valence-corrected chi connectivity index (χ1v) is 10.2. The number of aromatic nitrogens is 3. The first-order valence-electron chi connectivity index (χ1n) is 10.2. The fourth-order valence-corrected chi connectivity index (χ4v) is 4.35. The zero-order valence-corrected chi connectivity index (χ0v) is 17.6. The number of carbonyl (C=O) groups excluding carboxylic acids is 2. The molecular weight excluding hydrogens is 370 g/mol. The Bertz CT molecular complexity index is 934. The molecule has 1 fully saturated rings. The predicted octanol–water partition coefficient (Wildman–Crippen LogP) is 1.64. The Hall–Kier alpha value is -2.61. The molecule has 1 N–H and O–H groups in total. The zero-order chi connectivity index (χ0) is 20.8. The molecule has 2 aromatic rings. The van der Waals surface area contributed by atoms with Gasteiger partial charge in [0.15, 0.2) is 5.69 Å². The van der Waals surface area contributed by atoms with E-state index in [4.69, 9.17) is 4.74 Å². The van der Waals surface area contributed by atoms with Crippen molar-refractivity contribution in [1.82, 2.24) is 24.6 Å². The summed E-state index contributed by atoms with van der Waals surface area (Å²) in [5, 5.41) is 7.38. The molecule has 2 amide bonds. The van der Waals surface area contributed by atoms with Crippen LogP contribution in [0.2, 0.25) is 0 Å². The minimum atomic E-state index is -0.294. The molecule has 0 radical (unpaired) electrons. The number of fused-ring (bicyclic) bond motifs is 1. The van der Waals surface area contributed by atoms with Gasteiger partial charge < -0.3 is 19.5 Å². The molecule has 0 aliphatic carbocycles. The molecule has 8 heteroatoms. The number of carbonyl (C=O) groups is 2. The molecule has 0 bridgehead atoms. The predicted molar refractivity (Wildman–Crippen MR) is 108 cm³/mol. The maximum absolute atomic E-state index is 12.8. The van der Waals surface area contributed by atoms with E-state index in [1.54, 1.807) is 0 Å². The van der Waals surface area contributed by atoms with Crippen LogP contribution in [0.3, 0.4) is 0 Å². The minimum absolute atomic E-state index is 0.0575. The van der Waals surface area contributed by atoms with Crippen molar-refractivity contribution in [3.8, 4) is 0 Å². The van der Waals surface area contributed by atoms with Gasteiger partial charge in [0.2, 0.25) is 0 Å². The Morgan fingerprint density at radius 3 is 2.59 bits per heavy atom. The highest BCUT2D eigenvalue weighted by atomic mass is 16.5. The number of likely N-dealkylation sites (tertiary alicyclic amines) is 1. The molecule has 2 aliphatic rings. The summed E-state index contributed by atoms with van der Waals surface area (Å²) in [6.07, 6.45) is 4.16. The number of hydrogen-bond acceptors (Lipinski definition) is 4. The lowest BCUT2D eigenvalue weighted by molar-refractivity contribution is -0.0990. The molecule has 0 unspecified atom stereocenters. The van der Waals surface area contributed by atoms with Crippen LogP contribution in [0, 0.1) is 0 Å². The van der Waals surface area contributed by atoms with Crippen LogP contribution in [0.1, 0.15) is 58.9 Å². The van der Waals surface area contributed by atoms with E-state index in [2.05, 4.69) is 10.4 Å². The SMILES string of the molecule is CC(C)NC(=O)c1nn(C)c2c1COC1(CCN(C(=O)c3cccn3C)CC1)C2. The number of nitrogens with one attached hydrogen (secondary N) is 1. The lowest BCUT2D eigenvalue weighted by Crippen LogP contribution is -2.51. The van der Waals surface area contributed by atoms with Crippen LogP contribution >= 0.6 is 0 Å². The summed E-state index contributed by atoms with van der Waals surface area (Å²) in [7, 11) is 3.78. The van der Waals surface area contributed by atoms with E-state index < -0.39 is 0 Å². The van der Waals surface area contributed by atoms with E-state index in [-0.39, 0.29) is 23.5 Å². The largest absolute Gasteiger partial charge is 0.370 e. The maximum atomic E-state index is 12.8. The van der Waals surface area contributed by atoms with E-state index in [1.807, 2.05) is 60.4 Å². The van der Waals surface area contributed by atoms with Crippen molar-refractivity contribution in [3.05, 3.63) is 41.0 Å². The Labute approximate surface area is 170 Å². The summed E-state index contributed by atoms with van der Waals surface area (Å²) in [5.74, 6) is -0.0867. The molecular formula is C21H29N5O3. The summed E-state index contributed by atoms with van der Waals surface area (Å²) < 4.78 is 9.98. The lowest BCUT2D eigenvalue weighted by Gasteiger charge is -2.43. The van der Waals surface area contributed by atoms with Gasteiger partial charge in [-0.25, -0.2) is 0 Å². The third-order valence-corrected chi connectivity index (χ3v) is 6.05. The first kappa shape index (κ1) is 19.7. The molecule has 1 saturated heterocycles. The third-order valence-electron chi connectivity index (χ3n) is 6.05.